The lowest BCUT2D eigenvalue weighted by molar-refractivity contribution is -0.138. The normalized spacial score (nSPS) is 29.4. The minimum atomic E-state index is -0.735. The topological polar surface area (TPSA) is 60.8 Å². The number of rotatable bonds is 4. The Hall–Kier alpha value is -0.260. The Labute approximate surface area is 106 Å². The van der Waals surface area contributed by atoms with Crippen molar-refractivity contribution in [3.63, 3.8) is 0 Å². The monoisotopic (exact) mass is 259 g/mol. The molecular weight excluding hydrogens is 238 g/mol. The van der Waals surface area contributed by atoms with Crippen LogP contribution in [0.1, 0.15) is 32.1 Å². The fourth-order valence-corrected chi connectivity index (χ4v) is 3.99. The third kappa shape index (κ3) is 3.60. The van der Waals surface area contributed by atoms with Crippen LogP contribution in [-0.2, 0) is 4.79 Å². The largest absolute Gasteiger partial charge is 0.481 e. The summed E-state index contributed by atoms with van der Waals surface area (Å²) in [5.74, 6) is 1.19. The third-order valence-corrected chi connectivity index (χ3v) is 4.88. The van der Waals surface area contributed by atoms with Crippen molar-refractivity contribution >= 4 is 17.7 Å². The van der Waals surface area contributed by atoms with Crippen LogP contribution < -0.4 is 0 Å². The molecule has 1 saturated carbocycles. The number of carboxylic acids is 1. The lowest BCUT2D eigenvalue weighted by Gasteiger charge is -2.39. The number of carbonyl (C=O) groups is 1. The average molecular weight is 259 g/mol. The number of aliphatic carboxylic acids is 1. The molecule has 2 aliphatic rings. The van der Waals surface area contributed by atoms with E-state index < -0.39 is 11.6 Å². The molecule has 1 saturated heterocycles. The lowest BCUT2D eigenvalue weighted by Crippen LogP contribution is -2.50. The molecule has 0 aromatic rings. The Balaban J connectivity index is 1.93. The van der Waals surface area contributed by atoms with Gasteiger partial charge in [-0.05, 0) is 12.8 Å². The molecule has 1 aliphatic heterocycles. The molecule has 0 radical (unpaired) electrons. The number of carboxylic acid groups (broad SMARTS) is 1. The van der Waals surface area contributed by atoms with E-state index in [2.05, 4.69) is 4.90 Å². The van der Waals surface area contributed by atoms with E-state index in [9.17, 15) is 9.90 Å². The van der Waals surface area contributed by atoms with E-state index in [0.29, 0.717) is 6.54 Å². The highest BCUT2D eigenvalue weighted by atomic mass is 32.2. The summed E-state index contributed by atoms with van der Waals surface area (Å²) in [5, 5.41) is 19.3. The molecule has 5 heteroatoms. The van der Waals surface area contributed by atoms with Gasteiger partial charge in [-0.1, -0.05) is 12.8 Å². The van der Waals surface area contributed by atoms with Crippen LogP contribution in [0.5, 0.6) is 0 Å². The summed E-state index contributed by atoms with van der Waals surface area (Å²) in [7, 11) is 0. The molecule has 1 atom stereocenters. The molecule has 0 amide bonds. The fourth-order valence-electron chi connectivity index (χ4n) is 2.86. The van der Waals surface area contributed by atoms with Crippen molar-refractivity contribution in [3.05, 3.63) is 0 Å². The van der Waals surface area contributed by atoms with Crippen LogP contribution in [0, 0.1) is 0 Å². The van der Waals surface area contributed by atoms with E-state index >= 15 is 0 Å². The Morgan fingerprint density at radius 1 is 1.41 bits per heavy atom. The molecular formula is C12H21NO3S. The Morgan fingerprint density at radius 2 is 2.12 bits per heavy atom. The SMILES string of the molecule is O=C(O)CC1CSCCN1CC1(O)CCCC1. The van der Waals surface area contributed by atoms with Crippen LogP contribution in [0.4, 0.5) is 0 Å². The van der Waals surface area contributed by atoms with Gasteiger partial charge in [0.05, 0.1) is 12.0 Å². The summed E-state index contributed by atoms with van der Waals surface area (Å²) < 4.78 is 0. The van der Waals surface area contributed by atoms with Gasteiger partial charge in [0.1, 0.15) is 0 Å². The van der Waals surface area contributed by atoms with Gasteiger partial charge in [0, 0.05) is 30.6 Å². The maximum atomic E-state index is 10.8. The second-order valence-corrected chi connectivity index (χ2v) is 6.38. The maximum Gasteiger partial charge on any atom is 0.304 e. The Kier molecular flexibility index (Phi) is 4.33. The molecule has 2 N–H and O–H groups in total. The van der Waals surface area contributed by atoms with Gasteiger partial charge in [-0.2, -0.15) is 11.8 Å². The predicted molar refractivity (Wildman–Crippen MR) is 68.4 cm³/mol. The molecule has 98 valence electrons. The zero-order chi connectivity index (χ0) is 12.3. The first-order valence-electron chi connectivity index (χ1n) is 6.35. The third-order valence-electron chi connectivity index (χ3n) is 3.79. The zero-order valence-electron chi connectivity index (χ0n) is 10.1. The average Bonchev–Trinajstić information content (AvgIpc) is 2.67. The number of hydrogen-bond donors (Lipinski definition) is 2. The molecule has 0 bridgehead atoms. The molecule has 4 nitrogen and oxygen atoms in total. The van der Waals surface area contributed by atoms with Crippen molar-refractivity contribution in [2.75, 3.05) is 24.6 Å². The molecule has 0 aromatic heterocycles. The van der Waals surface area contributed by atoms with E-state index in [0.717, 1.165) is 43.7 Å². The van der Waals surface area contributed by atoms with Crippen LogP contribution in [-0.4, -0.2) is 57.3 Å². The van der Waals surface area contributed by atoms with Crippen LogP contribution in [0.3, 0.4) is 0 Å². The highest BCUT2D eigenvalue weighted by Crippen LogP contribution is 2.32. The molecule has 2 rings (SSSR count). The fraction of sp³-hybridized carbons (Fsp3) is 0.917. The van der Waals surface area contributed by atoms with Gasteiger partial charge in [0.25, 0.3) is 0 Å². The van der Waals surface area contributed by atoms with Crippen LogP contribution >= 0.6 is 11.8 Å². The van der Waals surface area contributed by atoms with Gasteiger partial charge in [-0.3, -0.25) is 9.69 Å². The van der Waals surface area contributed by atoms with E-state index in [1.54, 1.807) is 0 Å². The number of β-amino-alcohol motifs (C(OH)–C–C–N with tert-alkyl or cyclic N) is 1. The number of thioether (sulfide) groups is 1. The second kappa shape index (κ2) is 5.59. The van der Waals surface area contributed by atoms with Gasteiger partial charge in [0.15, 0.2) is 0 Å². The summed E-state index contributed by atoms with van der Waals surface area (Å²) in [4.78, 5) is 13.0. The Bertz CT molecular complexity index is 279. The summed E-state index contributed by atoms with van der Waals surface area (Å²) in [6, 6.07) is 0.0934. The second-order valence-electron chi connectivity index (χ2n) is 5.23. The Morgan fingerprint density at radius 3 is 2.76 bits per heavy atom. The summed E-state index contributed by atoms with van der Waals surface area (Å²) in [6.45, 7) is 1.57. The van der Waals surface area contributed by atoms with Crippen molar-refractivity contribution in [2.24, 2.45) is 0 Å². The summed E-state index contributed by atoms with van der Waals surface area (Å²) in [6.07, 6.45) is 4.14. The van der Waals surface area contributed by atoms with E-state index in [1.807, 2.05) is 11.8 Å². The van der Waals surface area contributed by atoms with Crippen molar-refractivity contribution < 1.29 is 15.0 Å². The summed E-state index contributed by atoms with van der Waals surface area (Å²) >= 11 is 1.82. The zero-order valence-corrected chi connectivity index (χ0v) is 10.9. The van der Waals surface area contributed by atoms with Crippen molar-refractivity contribution in [1.82, 2.24) is 4.90 Å². The molecule has 17 heavy (non-hydrogen) atoms. The van der Waals surface area contributed by atoms with Crippen molar-refractivity contribution in [1.29, 1.82) is 0 Å². The van der Waals surface area contributed by atoms with Crippen LogP contribution in [0.15, 0.2) is 0 Å². The standard InChI is InChI=1S/C12H21NO3S/c14-11(15)7-10-8-17-6-5-13(10)9-12(16)3-1-2-4-12/h10,16H,1-9H2,(H,14,15). The highest BCUT2D eigenvalue weighted by molar-refractivity contribution is 7.99. The smallest absolute Gasteiger partial charge is 0.304 e. The van der Waals surface area contributed by atoms with Gasteiger partial charge in [-0.25, -0.2) is 0 Å². The van der Waals surface area contributed by atoms with Gasteiger partial charge >= 0.3 is 5.97 Å². The molecule has 0 spiro atoms. The quantitative estimate of drug-likeness (QED) is 0.794. The first-order chi connectivity index (χ1) is 8.09. The number of nitrogens with zero attached hydrogens (tertiary/aromatic N) is 1. The van der Waals surface area contributed by atoms with Gasteiger partial charge in [-0.15, -0.1) is 0 Å². The highest BCUT2D eigenvalue weighted by Gasteiger charge is 2.36. The van der Waals surface area contributed by atoms with Crippen molar-refractivity contribution in [3.8, 4) is 0 Å². The van der Waals surface area contributed by atoms with E-state index in [1.165, 1.54) is 0 Å². The van der Waals surface area contributed by atoms with Crippen LogP contribution in [0.2, 0.25) is 0 Å². The number of hydrogen-bond acceptors (Lipinski definition) is 4. The minimum Gasteiger partial charge on any atom is -0.481 e. The molecule has 1 aliphatic carbocycles. The minimum absolute atomic E-state index is 0.0934. The number of aliphatic hydroxyl groups is 1. The first kappa shape index (κ1) is 13.2. The predicted octanol–water partition coefficient (Wildman–Crippen LogP) is 1.18. The molecule has 1 heterocycles. The van der Waals surface area contributed by atoms with Crippen LogP contribution in [0.25, 0.3) is 0 Å². The molecule has 0 aromatic carbocycles. The molecule has 2 fully saturated rings. The molecule has 1 unspecified atom stereocenters. The first-order valence-corrected chi connectivity index (χ1v) is 7.50. The lowest BCUT2D eigenvalue weighted by atomic mass is 10.0. The van der Waals surface area contributed by atoms with E-state index in [4.69, 9.17) is 5.11 Å². The van der Waals surface area contributed by atoms with Gasteiger partial charge < -0.3 is 10.2 Å². The maximum absolute atomic E-state index is 10.8. The van der Waals surface area contributed by atoms with Crippen molar-refractivity contribution in [2.45, 2.75) is 43.7 Å². The van der Waals surface area contributed by atoms with Gasteiger partial charge in [0.2, 0.25) is 0 Å². The summed E-state index contributed by atoms with van der Waals surface area (Å²) in [5.41, 5.74) is -0.557. The van der Waals surface area contributed by atoms with E-state index in [-0.39, 0.29) is 12.5 Å².